The van der Waals surface area contributed by atoms with Crippen molar-refractivity contribution in [2.45, 2.75) is 45.7 Å². The molecule has 1 aliphatic heterocycles. The van der Waals surface area contributed by atoms with Gasteiger partial charge in [0.05, 0.1) is 6.04 Å². The number of carbonyl (C=O) groups excluding carboxylic acids is 2. The van der Waals surface area contributed by atoms with Crippen LogP contribution in [0.15, 0.2) is 84.9 Å². The molecule has 0 N–H and O–H groups in total. The first kappa shape index (κ1) is 23.6. The Balaban J connectivity index is 1.71. The van der Waals surface area contributed by atoms with Crippen molar-refractivity contribution in [3.05, 3.63) is 90.5 Å². The second kappa shape index (κ2) is 10.6. The second-order valence-corrected chi connectivity index (χ2v) is 8.88. The van der Waals surface area contributed by atoms with Gasteiger partial charge < -0.3 is 14.5 Å². The lowest BCUT2D eigenvalue weighted by Gasteiger charge is -2.44. The summed E-state index contributed by atoms with van der Waals surface area (Å²) in [5.41, 5.74) is 2.68. The number of carbonyl (C=O) groups is 2. The molecule has 4 rings (SSSR count). The predicted molar refractivity (Wildman–Crippen MR) is 136 cm³/mol. The van der Waals surface area contributed by atoms with E-state index in [0.29, 0.717) is 12.2 Å². The van der Waals surface area contributed by atoms with E-state index >= 15 is 0 Å². The normalized spacial score (nSPS) is 18.0. The minimum atomic E-state index is -0.207. The Morgan fingerprint density at radius 1 is 0.971 bits per heavy atom. The molecule has 2 amide bonds. The average Bonchev–Trinajstić information content (AvgIpc) is 2.88. The van der Waals surface area contributed by atoms with Crippen LogP contribution in [0, 0.1) is 5.92 Å². The third-order valence-corrected chi connectivity index (χ3v) is 6.55. The van der Waals surface area contributed by atoms with E-state index < -0.39 is 0 Å². The summed E-state index contributed by atoms with van der Waals surface area (Å²) in [5, 5.41) is 0. The van der Waals surface area contributed by atoms with Crippen molar-refractivity contribution in [1.82, 2.24) is 0 Å². The first-order chi connectivity index (χ1) is 16.5. The van der Waals surface area contributed by atoms with Crippen LogP contribution in [0.1, 0.15) is 45.2 Å². The monoisotopic (exact) mass is 456 g/mol. The molecule has 5 heteroatoms. The van der Waals surface area contributed by atoms with E-state index in [0.717, 1.165) is 23.4 Å². The molecule has 0 spiro atoms. The third kappa shape index (κ3) is 4.84. The van der Waals surface area contributed by atoms with Gasteiger partial charge in [0.25, 0.3) is 5.91 Å². The highest BCUT2D eigenvalue weighted by Gasteiger charge is 2.39. The lowest BCUT2D eigenvalue weighted by atomic mass is 9.88. The van der Waals surface area contributed by atoms with Crippen molar-refractivity contribution in [1.29, 1.82) is 0 Å². The average molecular weight is 457 g/mol. The molecule has 3 aromatic carbocycles. The quantitative estimate of drug-likeness (QED) is 0.437. The van der Waals surface area contributed by atoms with Gasteiger partial charge >= 0.3 is 0 Å². The molecule has 0 fully saturated rings. The third-order valence-electron chi connectivity index (χ3n) is 6.55. The largest absolute Gasteiger partial charge is 0.484 e. The summed E-state index contributed by atoms with van der Waals surface area (Å²) < 4.78 is 5.83. The fourth-order valence-electron chi connectivity index (χ4n) is 4.59. The van der Waals surface area contributed by atoms with Crippen molar-refractivity contribution in [3.63, 3.8) is 0 Å². The van der Waals surface area contributed by atoms with Gasteiger partial charge in [0.15, 0.2) is 6.61 Å². The summed E-state index contributed by atoms with van der Waals surface area (Å²) in [6, 6.07) is 26.8. The lowest BCUT2D eigenvalue weighted by Crippen LogP contribution is -2.49. The molecule has 3 aromatic rings. The highest BCUT2D eigenvalue weighted by molar-refractivity contribution is 5.99. The second-order valence-electron chi connectivity index (χ2n) is 8.88. The van der Waals surface area contributed by atoms with Gasteiger partial charge in [0.2, 0.25) is 5.91 Å². The van der Waals surface area contributed by atoms with Crippen LogP contribution in [0.5, 0.6) is 5.75 Å². The molecule has 0 radical (unpaired) electrons. The van der Waals surface area contributed by atoms with E-state index in [1.807, 2.05) is 109 Å². The van der Waals surface area contributed by atoms with Crippen molar-refractivity contribution in [3.8, 4) is 5.75 Å². The number of rotatable bonds is 7. The van der Waals surface area contributed by atoms with Crippen LogP contribution in [0.2, 0.25) is 0 Å². The zero-order valence-corrected chi connectivity index (χ0v) is 20.1. The maximum Gasteiger partial charge on any atom is 0.265 e. The zero-order valence-electron chi connectivity index (χ0n) is 20.1. The van der Waals surface area contributed by atoms with Crippen LogP contribution in [-0.2, 0) is 9.59 Å². The maximum atomic E-state index is 13.6. The Labute approximate surface area is 202 Å². The minimum absolute atomic E-state index is 0.0459. The fraction of sp³-hybridized carbons (Fsp3) is 0.310. The Hall–Kier alpha value is -3.60. The maximum absolute atomic E-state index is 13.6. The number of fused-ring (bicyclic) bond motifs is 1. The summed E-state index contributed by atoms with van der Waals surface area (Å²) in [7, 11) is 0. The number of hydrogen-bond acceptors (Lipinski definition) is 3. The van der Waals surface area contributed by atoms with Gasteiger partial charge in [-0.2, -0.15) is 0 Å². The van der Waals surface area contributed by atoms with Gasteiger partial charge in [-0.15, -0.1) is 0 Å². The topological polar surface area (TPSA) is 49.9 Å². The Morgan fingerprint density at radius 2 is 1.59 bits per heavy atom. The predicted octanol–water partition coefficient (Wildman–Crippen LogP) is 6.01. The van der Waals surface area contributed by atoms with Crippen LogP contribution in [0.3, 0.4) is 0 Å². The summed E-state index contributed by atoms with van der Waals surface area (Å²) in [5.74, 6) is 0.611. The standard InChI is InChI=1S/C29H32N2O3/c1-4-21(2)29(33)30-22(3)19-27(25-17-11-12-18-26(25)30)31(23-13-7-5-8-14-23)28(32)20-34-24-15-9-6-10-16-24/h5-18,21-22,27H,4,19-20H2,1-3H3/t21-,22-,27+/m0/s1. The number of para-hydroxylation sites is 3. The highest BCUT2D eigenvalue weighted by Crippen LogP contribution is 2.42. The Bertz CT molecular complexity index is 1120. The number of nitrogens with zero attached hydrogens (tertiary/aromatic N) is 2. The van der Waals surface area contributed by atoms with Crippen LogP contribution < -0.4 is 14.5 Å². The number of hydrogen-bond donors (Lipinski definition) is 0. The van der Waals surface area contributed by atoms with E-state index in [4.69, 9.17) is 4.74 Å². The molecule has 34 heavy (non-hydrogen) atoms. The molecule has 0 aromatic heterocycles. The molecule has 176 valence electrons. The highest BCUT2D eigenvalue weighted by atomic mass is 16.5. The summed E-state index contributed by atoms with van der Waals surface area (Å²) in [4.78, 5) is 30.7. The molecular weight excluding hydrogens is 424 g/mol. The zero-order chi connectivity index (χ0) is 24.1. The molecule has 0 aliphatic carbocycles. The van der Waals surface area contributed by atoms with Gasteiger partial charge in [0, 0.05) is 23.3 Å². The van der Waals surface area contributed by atoms with Crippen LogP contribution in [0.4, 0.5) is 11.4 Å². The summed E-state index contributed by atoms with van der Waals surface area (Å²) >= 11 is 0. The van der Waals surface area contributed by atoms with Crippen LogP contribution >= 0.6 is 0 Å². The number of amides is 2. The fourth-order valence-corrected chi connectivity index (χ4v) is 4.59. The lowest BCUT2D eigenvalue weighted by molar-refractivity contribution is -0.122. The molecule has 3 atom stereocenters. The molecule has 0 bridgehead atoms. The van der Waals surface area contributed by atoms with Gasteiger partial charge in [-0.25, -0.2) is 0 Å². The van der Waals surface area contributed by atoms with Crippen LogP contribution in [-0.4, -0.2) is 24.5 Å². The number of ether oxygens (including phenoxy) is 1. The van der Waals surface area contributed by atoms with Crippen molar-refractivity contribution in [2.75, 3.05) is 16.4 Å². The van der Waals surface area contributed by atoms with Gasteiger partial charge in [-0.05, 0) is 55.7 Å². The molecule has 0 unspecified atom stereocenters. The molecule has 1 aliphatic rings. The molecule has 0 saturated heterocycles. The summed E-state index contributed by atoms with van der Waals surface area (Å²) in [6.45, 7) is 6.01. The van der Waals surface area contributed by atoms with E-state index in [2.05, 4.69) is 6.92 Å². The minimum Gasteiger partial charge on any atom is -0.484 e. The van der Waals surface area contributed by atoms with Crippen molar-refractivity contribution in [2.24, 2.45) is 5.92 Å². The SMILES string of the molecule is CC[C@H](C)C(=O)N1c2ccccc2[C@H](N(C(=O)COc2ccccc2)c2ccccc2)C[C@@H]1C. The number of benzene rings is 3. The first-order valence-electron chi connectivity index (χ1n) is 12.0. The van der Waals surface area contributed by atoms with E-state index in [-0.39, 0.29) is 36.4 Å². The van der Waals surface area contributed by atoms with Gasteiger partial charge in [0.1, 0.15) is 5.75 Å². The van der Waals surface area contributed by atoms with Gasteiger partial charge in [-0.3, -0.25) is 9.59 Å². The van der Waals surface area contributed by atoms with Crippen molar-refractivity contribution >= 4 is 23.2 Å². The Kier molecular flexibility index (Phi) is 7.31. The molecule has 5 nitrogen and oxygen atoms in total. The van der Waals surface area contributed by atoms with Crippen molar-refractivity contribution < 1.29 is 14.3 Å². The molecule has 1 heterocycles. The molecule has 0 saturated carbocycles. The van der Waals surface area contributed by atoms with E-state index in [1.165, 1.54) is 0 Å². The Morgan fingerprint density at radius 3 is 2.26 bits per heavy atom. The van der Waals surface area contributed by atoms with Gasteiger partial charge in [-0.1, -0.05) is 68.4 Å². The molecular formula is C29H32N2O3. The first-order valence-corrected chi connectivity index (χ1v) is 12.0. The number of anilines is 2. The summed E-state index contributed by atoms with van der Waals surface area (Å²) in [6.07, 6.45) is 1.43. The van der Waals surface area contributed by atoms with E-state index in [9.17, 15) is 9.59 Å². The van der Waals surface area contributed by atoms with Crippen LogP contribution in [0.25, 0.3) is 0 Å². The van der Waals surface area contributed by atoms with E-state index in [1.54, 1.807) is 0 Å². The smallest absolute Gasteiger partial charge is 0.265 e.